The van der Waals surface area contributed by atoms with E-state index < -0.39 is 46.3 Å². The molecule has 24 heavy (non-hydrogen) atoms. The number of carbonyl (C=O) groups excluding carboxylic acids is 1. The van der Waals surface area contributed by atoms with Crippen molar-refractivity contribution in [1.29, 1.82) is 0 Å². The summed E-state index contributed by atoms with van der Waals surface area (Å²) in [4.78, 5) is 45.8. The van der Waals surface area contributed by atoms with Crippen molar-refractivity contribution >= 4 is 23.9 Å². The molecule has 0 saturated heterocycles. The summed E-state index contributed by atoms with van der Waals surface area (Å²) >= 11 is 0. The zero-order chi connectivity index (χ0) is 18.4. The zero-order valence-electron chi connectivity index (χ0n) is 12.9. The number of hydrogen-bond acceptors (Lipinski definition) is 5. The first kappa shape index (κ1) is 18.9. The Hall–Kier alpha value is -3.16. The zero-order valence-corrected chi connectivity index (χ0v) is 12.9. The van der Waals surface area contributed by atoms with Crippen LogP contribution in [0, 0.1) is 0 Å². The van der Waals surface area contributed by atoms with E-state index in [2.05, 4.69) is 6.58 Å². The normalized spacial score (nSPS) is 10.0. The quantitative estimate of drug-likeness (QED) is 0.373. The molecule has 0 unspecified atom stereocenters. The molecule has 0 aliphatic heterocycles. The Morgan fingerprint density at radius 2 is 1.67 bits per heavy atom. The number of carboxylic acids is 3. The van der Waals surface area contributed by atoms with Gasteiger partial charge in [0, 0.05) is 6.08 Å². The maximum Gasteiger partial charge on any atom is 0.339 e. The molecule has 0 aromatic heterocycles. The molecule has 0 fully saturated rings. The van der Waals surface area contributed by atoms with Gasteiger partial charge in [0.25, 0.3) is 0 Å². The van der Waals surface area contributed by atoms with Gasteiger partial charge >= 0.3 is 23.9 Å². The van der Waals surface area contributed by atoms with E-state index in [0.29, 0.717) is 12.8 Å². The highest BCUT2D eigenvalue weighted by atomic mass is 16.5. The molecule has 0 radical (unpaired) electrons. The maximum absolute atomic E-state index is 11.6. The minimum Gasteiger partial charge on any atom is -0.478 e. The highest BCUT2D eigenvalue weighted by molar-refractivity contribution is 6.07. The summed E-state index contributed by atoms with van der Waals surface area (Å²) in [6.07, 6.45) is 1.85. The molecular formula is C16H16O8. The lowest BCUT2D eigenvalue weighted by molar-refractivity contribution is -0.129. The molecule has 0 heterocycles. The molecule has 0 bridgehead atoms. The number of carboxylic acid groups (broad SMARTS) is 3. The standard InChI is InChI=1S/C16H16O8/c1-3-5-6-8-12(15(20)21)9(14(18)19)7-10(13(8)16(22)23)24-11(17)4-2/h4,7H,2-3,5-6H2,1H3,(H,18,19)(H,20,21)(H,22,23). The Morgan fingerprint density at radius 3 is 2.08 bits per heavy atom. The molecule has 1 rings (SSSR count). The number of hydrogen-bond donors (Lipinski definition) is 3. The van der Waals surface area contributed by atoms with Crippen LogP contribution in [0.5, 0.6) is 5.75 Å². The average Bonchev–Trinajstić information content (AvgIpc) is 2.50. The molecule has 128 valence electrons. The lowest BCUT2D eigenvalue weighted by Gasteiger charge is -2.16. The lowest BCUT2D eigenvalue weighted by Crippen LogP contribution is -2.19. The fourth-order valence-corrected chi connectivity index (χ4v) is 2.19. The van der Waals surface area contributed by atoms with Gasteiger partial charge in [-0.1, -0.05) is 19.9 Å². The Labute approximate surface area is 137 Å². The Kier molecular flexibility index (Phi) is 6.22. The Balaban J connectivity index is 3.83. The third kappa shape index (κ3) is 3.97. The summed E-state index contributed by atoms with van der Waals surface area (Å²) in [6, 6.07) is 0.728. The van der Waals surface area contributed by atoms with Gasteiger partial charge in [0.1, 0.15) is 11.3 Å². The molecule has 0 aliphatic carbocycles. The van der Waals surface area contributed by atoms with Crippen LogP contribution in [-0.4, -0.2) is 39.2 Å². The summed E-state index contributed by atoms with van der Waals surface area (Å²) < 4.78 is 4.81. The number of esters is 1. The van der Waals surface area contributed by atoms with Crippen molar-refractivity contribution < 1.29 is 39.2 Å². The molecule has 8 heteroatoms. The van der Waals surface area contributed by atoms with E-state index in [-0.39, 0.29) is 12.0 Å². The van der Waals surface area contributed by atoms with E-state index in [0.717, 1.165) is 12.1 Å². The van der Waals surface area contributed by atoms with E-state index in [4.69, 9.17) is 4.74 Å². The third-order valence-electron chi connectivity index (χ3n) is 3.21. The van der Waals surface area contributed by atoms with Crippen LogP contribution in [0.25, 0.3) is 0 Å². The lowest BCUT2D eigenvalue weighted by atomic mass is 9.91. The summed E-state index contributed by atoms with van der Waals surface area (Å²) in [5, 5.41) is 28.0. The van der Waals surface area contributed by atoms with Gasteiger partial charge in [0.2, 0.25) is 0 Å². The van der Waals surface area contributed by atoms with Crippen LogP contribution in [0.3, 0.4) is 0 Å². The van der Waals surface area contributed by atoms with Gasteiger partial charge in [-0.25, -0.2) is 19.2 Å². The van der Waals surface area contributed by atoms with Gasteiger partial charge in [-0.05, 0) is 24.5 Å². The Morgan fingerprint density at radius 1 is 1.08 bits per heavy atom. The number of unbranched alkanes of at least 4 members (excludes halogenated alkanes) is 1. The SMILES string of the molecule is C=CC(=O)Oc1cc(C(=O)O)c(C(=O)O)c(CCCC)c1C(=O)O. The first-order chi connectivity index (χ1) is 11.2. The molecule has 1 aromatic carbocycles. The van der Waals surface area contributed by atoms with E-state index in [1.165, 1.54) is 0 Å². The highest BCUT2D eigenvalue weighted by Crippen LogP contribution is 2.31. The largest absolute Gasteiger partial charge is 0.478 e. The predicted octanol–water partition coefficient (Wildman–Crippen LogP) is 2.22. The van der Waals surface area contributed by atoms with Gasteiger partial charge in [-0.2, -0.15) is 0 Å². The van der Waals surface area contributed by atoms with E-state index in [9.17, 15) is 34.5 Å². The number of aromatic carboxylic acids is 3. The molecule has 0 atom stereocenters. The molecule has 0 aliphatic rings. The van der Waals surface area contributed by atoms with E-state index >= 15 is 0 Å². The van der Waals surface area contributed by atoms with Crippen LogP contribution in [0.15, 0.2) is 18.7 Å². The summed E-state index contributed by atoms with van der Waals surface area (Å²) in [5.41, 5.74) is -2.00. The molecule has 3 N–H and O–H groups in total. The van der Waals surface area contributed by atoms with Crippen molar-refractivity contribution in [3.8, 4) is 5.75 Å². The third-order valence-corrected chi connectivity index (χ3v) is 3.21. The highest BCUT2D eigenvalue weighted by Gasteiger charge is 2.29. The second-order valence-electron chi connectivity index (χ2n) is 4.80. The fraction of sp³-hybridized carbons (Fsp3) is 0.250. The van der Waals surface area contributed by atoms with Crippen LogP contribution < -0.4 is 4.74 Å². The Bertz CT molecular complexity index is 717. The van der Waals surface area contributed by atoms with Crippen LogP contribution in [0.4, 0.5) is 0 Å². The maximum atomic E-state index is 11.6. The summed E-state index contributed by atoms with van der Waals surface area (Å²) in [7, 11) is 0. The van der Waals surface area contributed by atoms with Gasteiger partial charge < -0.3 is 20.1 Å². The van der Waals surface area contributed by atoms with Gasteiger partial charge in [-0.15, -0.1) is 0 Å². The first-order valence-electron chi connectivity index (χ1n) is 6.98. The van der Waals surface area contributed by atoms with Crippen LogP contribution in [0.1, 0.15) is 56.4 Å². The van der Waals surface area contributed by atoms with Crippen molar-refractivity contribution in [2.45, 2.75) is 26.2 Å². The van der Waals surface area contributed by atoms with Crippen molar-refractivity contribution in [2.24, 2.45) is 0 Å². The van der Waals surface area contributed by atoms with Crippen LogP contribution in [-0.2, 0) is 11.2 Å². The molecule has 8 nitrogen and oxygen atoms in total. The molecule has 0 spiro atoms. The van der Waals surface area contributed by atoms with Crippen LogP contribution >= 0.6 is 0 Å². The van der Waals surface area contributed by atoms with E-state index in [1.807, 2.05) is 0 Å². The molecule has 0 amide bonds. The van der Waals surface area contributed by atoms with Gasteiger partial charge in [0.05, 0.1) is 11.1 Å². The number of benzene rings is 1. The monoisotopic (exact) mass is 336 g/mol. The predicted molar refractivity (Wildman–Crippen MR) is 81.8 cm³/mol. The second-order valence-corrected chi connectivity index (χ2v) is 4.80. The molecule has 0 saturated carbocycles. The summed E-state index contributed by atoms with van der Waals surface area (Å²) in [5.74, 6) is -6.17. The van der Waals surface area contributed by atoms with Crippen molar-refractivity contribution in [3.63, 3.8) is 0 Å². The first-order valence-corrected chi connectivity index (χ1v) is 6.98. The van der Waals surface area contributed by atoms with Crippen LogP contribution in [0.2, 0.25) is 0 Å². The van der Waals surface area contributed by atoms with Crippen molar-refractivity contribution in [2.75, 3.05) is 0 Å². The van der Waals surface area contributed by atoms with Crippen molar-refractivity contribution in [3.05, 3.63) is 41.0 Å². The van der Waals surface area contributed by atoms with E-state index in [1.54, 1.807) is 6.92 Å². The fourth-order valence-electron chi connectivity index (χ4n) is 2.19. The minimum absolute atomic E-state index is 0.0134. The molecular weight excluding hydrogens is 320 g/mol. The number of ether oxygens (including phenoxy) is 1. The van der Waals surface area contributed by atoms with Gasteiger partial charge in [-0.3, -0.25) is 0 Å². The second kappa shape index (κ2) is 7.91. The topological polar surface area (TPSA) is 138 Å². The average molecular weight is 336 g/mol. The van der Waals surface area contributed by atoms with Gasteiger partial charge in [0.15, 0.2) is 0 Å². The molecule has 1 aromatic rings. The smallest absolute Gasteiger partial charge is 0.339 e. The summed E-state index contributed by atoms with van der Waals surface area (Å²) in [6.45, 7) is 4.98. The number of rotatable bonds is 8. The number of carbonyl (C=O) groups is 4. The minimum atomic E-state index is -1.57. The van der Waals surface area contributed by atoms with Crippen molar-refractivity contribution in [1.82, 2.24) is 0 Å².